The molecule has 0 aromatic heterocycles. The highest BCUT2D eigenvalue weighted by Gasteiger charge is 2.38. The number of carbonyl (C=O) groups excluding carboxylic acids is 1. The topological polar surface area (TPSA) is 17.1 Å². The molecule has 0 bridgehead atoms. The van der Waals surface area contributed by atoms with Gasteiger partial charge in [-0.2, -0.15) is 0 Å². The van der Waals surface area contributed by atoms with E-state index in [0.717, 1.165) is 18.8 Å². The molecule has 0 N–H and O–H groups in total. The Bertz CT molecular complexity index is 139. The average molecular weight is 140 g/mol. The predicted molar refractivity (Wildman–Crippen MR) is 41.8 cm³/mol. The lowest BCUT2D eigenvalue weighted by molar-refractivity contribution is -0.132. The van der Waals surface area contributed by atoms with Crippen LogP contribution in [0.25, 0.3) is 0 Å². The highest BCUT2D eigenvalue weighted by Crippen LogP contribution is 2.42. The van der Waals surface area contributed by atoms with Gasteiger partial charge >= 0.3 is 0 Å². The molecule has 1 fully saturated rings. The number of ketones is 1. The van der Waals surface area contributed by atoms with Crippen LogP contribution in [0.5, 0.6) is 0 Å². The zero-order valence-electron chi connectivity index (χ0n) is 7.11. The van der Waals surface area contributed by atoms with Gasteiger partial charge in [0.15, 0.2) is 0 Å². The van der Waals surface area contributed by atoms with Crippen LogP contribution in [0.15, 0.2) is 0 Å². The van der Waals surface area contributed by atoms with Crippen LogP contribution < -0.4 is 0 Å². The normalized spacial score (nSPS) is 23.0. The molecule has 1 saturated carbocycles. The lowest BCUT2D eigenvalue weighted by Gasteiger charge is -2.38. The van der Waals surface area contributed by atoms with Gasteiger partial charge in [-0.3, -0.25) is 4.79 Å². The fourth-order valence-corrected chi connectivity index (χ4v) is 2.03. The van der Waals surface area contributed by atoms with Crippen LogP contribution in [0.3, 0.4) is 0 Å². The van der Waals surface area contributed by atoms with Gasteiger partial charge in [-0.15, -0.1) is 0 Å². The molecular formula is C9H16O. The van der Waals surface area contributed by atoms with Crippen LogP contribution in [-0.2, 0) is 4.79 Å². The molecule has 0 aliphatic heterocycles. The summed E-state index contributed by atoms with van der Waals surface area (Å²) in [5.74, 6) is 1.18. The molecule has 1 aliphatic carbocycles. The standard InChI is InChI=1S/C9H16O/c1-7(2)4-9(3)5-8(10)6-9/h7H,4-6H2,1-3H3. The molecule has 0 aromatic rings. The number of hydrogen-bond acceptors (Lipinski definition) is 1. The molecule has 1 heteroatoms. The quantitative estimate of drug-likeness (QED) is 0.575. The first-order valence-corrected chi connectivity index (χ1v) is 4.03. The summed E-state index contributed by atoms with van der Waals surface area (Å²) in [4.78, 5) is 10.7. The van der Waals surface area contributed by atoms with Crippen LogP contribution in [0, 0.1) is 11.3 Å². The molecule has 0 saturated heterocycles. The number of Topliss-reactive ketones (excluding diaryl/α,β-unsaturated/α-hetero) is 1. The van der Waals surface area contributed by atoms with Crippen molar-refractivity contribution in [3.63, 3.8) is 0 Å². The van der Waals surface area contributed by atoms with E-state index in [4.69, 9.17) is 0 Å². The molecule has 0 amide bonds. The Kier molecular flexibility index (Phi) is 1.84. The zero-order chi connectivity index (χ0) is 7.78. The third-order valence-corrected chi connectivity index (χ3v) is 2.15. The summed E-state index contributed by atoms with van der Waals surface area (Å²) < 4.78 is 0. The molecule has 0 spiro atoms. The summed E-state index contributed by atoms with van der Waals surface area (Å²) in [5, 5.41) is 0. The zero-order valence-corrected chi connectivity index (χ0v) is 7.11. The second-order valence-corrected chi connectivity index (χ2v) is 4.30. The Morgan fingerprint density at radius 3 is 2.30 bits per heavy atom. The highest BCUT2D eigenvalue weighted by atomic mass is 16.1. The van der Waals surface area contributed by atoms with E-state index in [1.165, 1.54) is 6.42 Å². The van der Waals surface area contributed by atoms with Gasteiger partial charge in [0.1, 0.15) is 5.78 Å². The van der Waals surface area contributed by atoms with Gasteiger partial charge in [-0.1, -0.05) is 20.8 Å². The van der Waals surface area contributed by atoms with Crippen molar-refractivity contribution in [2.75, 3.05) is 0 Å². The highest BCUT2D eigenvalue weighted by molar-refractivity contribution is 5.85. The third kappa shape index (κ3) is 1.59. The Morgan fingerprint density at radius 1 is 1.50 bits per heavy atom. The maximum atomic E-state index is 10.7. The number of rotatable bonds is 2. The summed E-state index contributed by atoms with van der Waals surface area (Å²) in [7, 11) is 0. The molecule has 0 atom stereocenters. The van der Waals surface area contributed by atoms with E-state index in [9.17, 15) is 4.79 Å². The van der Waals surface area contributed by atoms with Crippen molar-refractivity contribution >= 4 is 5.78 Å². The molecule has 1 rings (SSSR count). The molecule has 1 aliphatic rings. The first-order chi connectivity index (χ1) is 4.52. The van der Waals surface area contributed by atoms with Crippen LogP contribution in [0.2, 0.25) is 0 Å². The molecule has 10 heavy (non-hydrogen) atoms. The first-order valence-electron chi connectivity index (χ1n) is 4.03. The monoisotopic (exact) mass is 140 g/mol. The Balaban J connectivity index is 2.34. The first kappa shape index (κ1) is 7.77. The van der Waals surface area contributed by atoms with Gasteiger partial charge in [0.25, 0.3) is 0 Å². The second kappa shape index (κ2) is 2.37. The smallest absolute Gasteiger partial charge is 0.134 e. The number of hydrogen-bond donors (Lipinski definition) is 0. The van der Waals surface area contributed by atoms with Gasteiger partial charge in [0.05, 0.1) is 0 Å². The minimum Gasteiger partial charge on any atom is -0.300 e. The van der Waals surface area contributed by atoms with E-state index in [1.54, 1.807) is 0 Å². The van der Waals surface area contributed by atoms with Crippen molar-refractivity contribution in [1.82, 2.24) is 0 Å². The Hall–Kier alpha value is -0.330. The molecular weight excluding hydrogens is 124 g/mol. The van der Waals surface area contributed by atoms with Crippen LogP contribution >= 0.6 is 0 Å². The van der Waals surface area contributed by atoms with Crippen molar-refractivity contribution in [2.24, 2.45) is 11.3 Å². The maximum absolute atomic E-state index is 10.7. The van der Waals surface area contributed by atoms with Gasteiger partial charge in [-0.25, -0.2) is 0 Å². The Morgan fingerprint density at radius 2 is 2.00 bits per heavy atom. The molecule has 0 unspecified atom stereocenters. The average Bonchev–Trinajstić information content (AvgIpc) is 1.57. The molecule has 1 nitrogen and oxygen atoms in total. The fraction of sp³-hybridized carbons (Fsp3) is 0.889. The van der Waals surface area contributed by atoms with E-state index < -0.39 is 0 Å². The van der Waals surface area contributed by atoms with Gasteiger partial charge in [0.2, 0.25) is 0 Å². The second-order valence-electron chi connectivity index (χ2n) is 4.30. The van der Waals surface area contributed by atoms with Gasteiger partial charge in [0, 0.05) is 12.8 Å². The van der Waals surface area contributed by atoms with Crippen LogP contribution in [0.4, 0.5) is 0 Å². The minimum atomic E-state index is 0.366. The van der Waals surface area contributed by atoms with Crippen LogP contribution in [-0.4, -0.2) is 5.78 Å². The Labute approximate surface area is 62.8 Å². The van der Waals surface area contributed by atoms with Crippen molar-refractivity contribution < 1.29 is 4.79 Å². The van der Waals surface area contributed by atoms with Crippen molar-refractivity contribution in [3.8, 4) is 0 Å². The fourth-order valence-electron chi connectivity index (χ4n) is 2.03. The number of carbonyl (C=O) groups is 1. The van der Waals surface area contributed by atoms with E-state index >= 15 is 0 Å². The summed E-state index contributed by atoms with van der Waals surface area (Å²) in [6.07, 6.45) is 2.86. The van der Waals surface area contributed by atoms with Crippen molar-refractivity contribution in [3.05, 3.63) is 0 Å². The van der Waals surface area contributed by atoms with Crippen molar-refractivity contribution in [1.29, 1.82) is 0 Å². The molecule has 58 valence electrons. The summed E-state index contributed by atoms with van der Waals surface area (Å²) in [5.41, 5.74) is 0.366. The molecule has 0 radical (unpaired) electrons. The summed E-state index contributed by atoms with van der Waals surface area (Å²) in [6, 6.07) is 0. The lowest BCUT2D eigenvalue weighted by Crippen LogP contribution is -2.35. The molecule has 0 aromatic carbocycles. The van der Waals surface area contributed by atoms with Gasteiger partial charge in [-0.05, 0) is 17.8 Å². The van der Waals surface area contributed by atoms with Crippen LogP contribution in [0.1, 0.15) is 40.0 Å². The van der Waals surface area contributed by atoms with E-state index in [1.807, 2.05) is 0 Å². The van der Waals surface area contributed by atoms with E-state index in [0.29, 0.717) is 11.2 Å². The SMILES string of the molecule is CC(C)CC1(C)CC(=O)C1. The molecule has 0 heterocycles. The third-order valence-electron chi connectivity index (χ3n) is 2.15. The largest absolute Gasteiger partial charge is 0.300 e. The lowest BCUT2D eigenvalue weighted by atomic mass is 9.65. The summed E-state index contributed by atoms with van der Waals surface area (Å²) in [6.45, 7) is 6.65. The summed E-state index contributed by atoms with van der Waals surface area (Å²) >= 11 is 0. The van der Waals surface area contributed by atoms with E-state index in [-0.39, 0.29) is 0 Å². The maximum Gasteiger partial charge on any atom is 0.134 e. The van der Waals surface area contributed by atoms with Gasteiger partial charge < -0.3 is 0 Å². The predicted octanol–water partition coefficient (Wildman–Crippen LogP) is 2.40. The minimum absolute atomic E-state index is 0.366. The van der Waals surface area contributed by atoms with E-state index in [2.05, 4.69) is 20.8 Å². The van der Waals surface area contributed by atoms with Crippen molar-refractivity contribution in [2.45, 2.75) is 40.0 Å².